The van der Waals surface area contributed by atoms with Crippen LogP contribution >= 0.6 is 0 Å². The Hall–Kier alpha value is -1.58. The minimum Gasteiger partial charge on any atom is -0.466 e. The van der Waals surface area contributed by atoms with Crippen molar-refractivity contribution in [1.82, 2.24) is 4.98 Å². The Balaban J connectivity index is 2.37. The molecule has 0 aliphatic rings. The summed E-state index contributed by atoms with van der Waals surface area (Å²) in [4.78, 5) is 17.1. The fraction of sp³-hybridized carbons (Fsp3) is 0.455. The van der Waals surface area contributed by atoms with E-state index in [1.807, 2.05) is 31.0 Å². The Morgan fingerprint density at radius 2 is 2.13 bits per heavy atom. The lowest BCUT2D eigenvalue weighted by molar-refractivity contribution is -0.142. The second-order valence-corrected chi connectivity index (χ2v) is 3.18. The molecule has 0 spiro atoms. The molecule has 1 aromatic heterocycles. The van der Waals surface area contributed by atoms with Gasteiger partial charge in [-0.1, -0.05) is 0 Å². The summed E-state index contributed by atoms with van der Waals surface area (Å²) in [5, 5.41) is 0. The van der Waals surface area contributed by atoms with Gasteiger partial charge in [-0.3, -0.25) is 9.78 Å². The summed E-state index contributed by atoms with van der Waals surface area (Å²) in [6.07, 6.45) is 3.87. The van der Waals surface area contributed by atoms with Gasteiger partial charge in [-0.25, -0.2) is 0 Å². The fourth-order valence-electron chi connectivity index (χ4n) is 1.22. The second kappa shape index (κ2) is 6.01. The van der Waals surface area contributed by atoms with E-state index in [0.29, 0.717) is 19.6 Å². The van der Waals surface area contributed by atoms with Crippen LogP contribution in [0.2, 0.25) is 0 Å². The number of carbonyl (C=O) groups is 1. The third kappa shape index (κ3) is 3.97. The molecule has 1 heterocycles. The Kier molecular flexibility index (Phi) is 4.60. The molecule has 0 radical (unpaired) electrons. The molecule has 0 bridgehead atoms. The monoisotopic (exact) mass is 208 g/mol. The molecule has 15 heavy (non-hydrogen) atoms. The number of aromatic nitrogens is 1. The summed E-state index contributed by atoms with van der Waals surface area (Å²) in [7, 11) is 1.94. The zero-order chi connectivity index (χ0) is 11.1. The minimum absolute atomic E-state index is 0.154. The largest absolute Gasteiger partial charge is 0.466 e. The first kappa shape index (κ1) is 11.5. The van der Waals surface area contributed by atoms with Crippen LogP contribution in [0.15, 0.2) is 24.5 Å². The number of hydrogen-bond acceptors (Lipinski definition) is 4. The molecule has 0 fully saturated rings. The van der Waals surface area contributed by atoms with E-state index in [0.717, 1.165) is 5.69 Å². The minimum atomic E-state index is -0.154. The summed E-state index contributed by atoms with van der Waals surface area (Å²) < 4.78 is 4.85. The summed E-state index contributed by atoms with van der Waals surface area (Å²) in [5.41, 5.74) is 1.05. The SMILES string of the molecule is CCOC(=O)CCN(C)c1ccncc1. The van der Waals surface area contributed by atoms with Crippen LogP contribution in [0.4, 0.5) is 5.69 Å². The molecule has 1 aromatic rings. The molecule has 0 N–H and O–H groups in total. The molecular formula is C11H16N2O2. The summed E-state index contributed by atoms with van der Waals surface area (Å²) in [6, 6.07) is 3.82. The molecule has 0 unspecified atom stereocenters. The number of nitrogens with zero attached hydrogens (tertiary/aromatic N) is 2. The van der Waals surface area contributed by atoms with E-state index in [4.69, 9.17) is 4.74 Å². The highest BCUT2D eigenvalue weighted by molar-refractivity contribution is 5.70. The number of hydrogen-bond donors (Lipinski definition) is 0. The van der Waals surface area contributed by atoms with Crippen molar-refractivity contribution in [2.45, 2.75) is 13.3 Å². The van der Waals surface area contributed by atoms with Crippen molar-refractivity contribution in [1.29, 1.82) is 0 Å². The smallest absolute Gasteiger partial charge is 0.307 e. The van der Waals surface area contributed by atoms with Crippen LogP contribution in [0, 0.1) is 0 Å². The molecular weight excluding hydrogens is 192 g/mol. The Labute approximate surface area is 89.9 Å². The van der Waals surface area contributed by atoms with Crippen molar-refractivity contribution >= 4 is 11.7 Å². The normalized spacial score (nSPS) is 9.73. The molecule has 0 aliphatic heterocycles. The van der Waals surface area contributed by atoms with Gasteiger partial charge in [-0.15, -0.1) is 0 Å². The number of pyridine rings is 1. The van der Waals surface area contributed by atoms with Crippen molar-refractivity contribution in [3.05, 3.63) is 24.5 Å². The molecule has 0 saturated heterocycles. The van der Waals surface area contributed by atoms with E-state index in [2.05, 4.69) is 4.98 Å². The molecule has 0 amide bonds. The molecule has 0 saturated carbocycles. The highest BCUT2D eigenvalue weighted by Gasteiger charge is 2.05. The highest BCUT2D eigenvalue weighted by atomic mass is 16.5. The third-order valence-electron chi connectivity index (χ3n) is 2.06. The number of rotatable bonds is 5. The van der Waals surface area contributed by atoms with Crippen molar-refractivity contribution < 1.29 is 9.53 Å². The summed E-state index contributed by atoms with van der Waals surface area (Å²) >= 11 is 0. The van der Waals surface area contributed by atoms with E-state index in [1.165, 1.54) is 0 Å². The van der Waals surface area contributed by atoms with Gasteiger partial charge >= 0.3 is 5.97 Å². The molecule has 0 aliphatic carbocycles. The number of anilines is 1. The quantitative estimate of drug-likeness (QED) is 0.687. The van der Waals surface area contributed by atoms with Crippen molar-refractivity contribution in [2.24, 2.45) is 0 Å². The van der Waals surface area contributed by atoms with Gasteiger partial charge < -0.3 is 9.64 Å². The highest BCUT2D eigenvalue weighted by Crippen LogP contribution is 2.09. The van der Waals surface area contributed by atoms with E-state index in [-0.39, 0.29) is 5.97 Å². The molecule has 0 aromatic carbocycles. The van der Waals surface area contributed by atoms with Crippen LogP contribution in [0.5, 0.6) is 0 Å². The van der Waals surface area contributed by atoms with Crippen LogP contribution in [0.3, 0.4) is 0 Å². The second-order valence-electron chi connectivity index (χ2n) is 3.18. The number of carbonyl (C=O) groups excluding carboxylic acids is 1. The maximum Gasteiger partial charge on any atom is 0.307 e. The molecule has 4 nitrogen and oxygen atoms in total. The standard InChI is InChI=1S/C11H16N2O2/c1-3-15-11(14)6-9-13(2)10-4-7-12-8-5-10/h4-5,7-8H,3,6,9H2,1-2H3. The zero-order valence-electron chi connectivity index (χ0n) is 9.14. The van der Waals surface area contributed by atoms with E-state index in [9.17, 15) is 4.79 Å². The Bertz CT molecular complexity index is 301. The van der Waals surface area contributed by atoms with Gasteiger partial charge in [-0.05, 0) is 19.1 Å². The molecule has 0 atom stereocenters. The average molecular weight is 208 g/mol. The van der Waals surface area contributed by atoms with Crippen molar-refractivity contribution in [2.75, 3.05) is 25.1 Å². The number of ether oxygens (including phenoxy) is 1. The first-order valence-corrected chi connectivity index (χ1v) is 5.01. The van der Waals surface area contributed by atoms with Gasteiger partial charge in [0.1, 0.15) is 0 Å². The maximum absolute atomic E-state index is 11.1. The van der Waals surface area contributed by atoms with Crippen LogP contribution in [0.1, 0.15) is 13.3 Å². The van der Waals surface area contributed by atoms with Crippen LogP contribution in [-0.4, -0.2) is 31.2 Å². The average Bonchev–Trinajstić information content (AvgIpc) is 2.27. The first-order chi connectivity index (χ1) is 7.24. The maximum atomic E-state index is 11.1. The predicted octanol–water partition coefficient (Wildman–Crippen LogP) is 1.47. The lowest BCUT2D eigenvalue weighted by atomic mass is 10.3. The van der Waals surface area contributed by atoms with Gasteiger partial charge in [0.2, 0.25) is 0 Å². The zero-order valence-corrected chi connectivity index (χ0v) is 9.14. The van der Waals surface area contributed by atoms with Gasteiger partial charge in [0, 0.05) is 31.7 Å². The Morgan fingerprint density at radius 1 is 1.47 bits per heavy atom. The fourth-order valence-corrected chi connectivity index (χ4v) is 1.22. The third-order valence-corrected chi connectivity index (χ3v) is 2.06. The molecule has 82 valence electrons. The van der Waals surface area contributed by atoms with E-state index >= 15 is 0 Å². The van der Waals surface area contributed by atoms with E-state index in [1.54, 1.807) is 12.4 Å². The topological polar surface area (TPSA) is 42.4 Å². The van der Waals surface area contributed by atoms with Gasteiger partial charge in [0.25, 0.3) is 0 Å². The van der Waals surface area contributed by atoms with Crippen LogP contribution in [0.25, 0.3) is 0 Å². The number of esters is 1. The Morgan fingerprint density at radius 3 is 2.73 bits per heavy atom. The first-order valence-electron chi connectivity index (χ1n) is 5.01. The summed E-state index contributed by atoms with van der Waals surface area (Å²) in [6.45, 7) is 2.91. The molecule has 4 heteroatoms. The summed E-state index contributed by atoms with van der Waals surface area (Å²) in [5.74, 6) is -0.154. The lowest BCUT2D eigenvalue weighted by Gasteiger charge is -2.18. The van der Waals surface area contributed by atoms with Gasteiger partial charge in [0.15, 0.2) is 0 Å². The van der Waals surface area contributed by atoms with Crippen LogP contribution in [-0.2, 0) is 9.53 Å². The van der Waals surface area contributed by atoms with Crippen molar-refractivity contribution in [3.8, 4) is 0 Å². The van der Waals surface area contributed by atoms with Crippen molar-refractivity contribution in [3.63, 3.8) is 0 Å². The van der Waals surface area contributed by atoms with Crippen LogP contribution < -0.4 is 4.90 Å². The molecule has 1 rings (SSSR count). The van der Waals surface area contributed by atoms with E-state index < -0.39 is 0 Å². The predicted molar refractivity (Wildman–Crippen MR) is 58.8 cm³/mol. The van der Waals surface area contributed by atoms with Gasteiger partial charge in [0.05, 0.1) is 13.0 Å². The lowest BCUT2D eigenvalue weighted by Crippen LogP contribution is -2.21. The van der Waals surface area contributed by atoms with Gasteiger partial charge in [-0.2, -0.15) is 0 Å².